The van der Waals surface area contributed by atoms with Crippen LogP contribution in [0, 0.1) is 0 Å². The lowest BCUT2D eigenvalue weighted by molar-refractivity contribution is 0.620. The summed E-state index contributed by atoms with van der Waals surface area (Å²) in [7, 11) is 0. The van der Waals surface area contributed by atoms with Crippen molar-refractivity contribution in [3.8, 4) is 33.7 Å². The van der Waals surface area contributed by atoms with Gasteiger partial charge in [-0.15, -0.1) is 0 Å². The summed E-state index contributed by atoms with van der Waals surface area (Å²) in [5.41, 5.74) is 12.0. The largest absolute Gasteiger partial charge is 0.456 e. The van der Waals surface area contributed by atoms with E-state index in [9.17, 15) is 0 Å². The van der Waals surface area contributed by atoms with Crippen LogP contribution < -0.4 is 4.90 Å². The van der Waals surface area contributed by atoms with E-state index < -0.39 is 0 Å². The molecule has 0 N–H and O–H groups in total. The van der Waals surface area contributed by atoms with Crippen LogP contribution in [0.3, 0.4) is 0 Å². The molecule has 0 amide bonds. The molecule has 0 unspecified atom stereocenters. The van der Waals surface area contributed by atoms with Crippen LogP contribution in [0.1, 0.15) is 0 Å². The Morgan fingerprint density at radius 2 is 0.855 bits per heavy atom. The number of hydrogen-bond acceptors (Lipinski definition) is 4. The third-order valence-electron chi connectivity index (χ3n) is 10.7. The van der Waals surface area contributed by atoms with Gasteiger partial charge < -0.3 is 13.7 Å². The first-order valence-corrected chi connectivity index (χ1v) is 18.5. The van der Waals surface area contributed by atoms with Crippen molar-refractivity contribution in [2.45, 2.75) is 0 Å². The fraction of sp³-hybridized carbons (Fsp3) is 0. The topological polar surface area (TPSA) is 42.4 Å². The molecule has 11 rings (SSSR count). The molecular weight excluding hydrogens is 673 g/mol. The second-order valence-electron chi connectivity index (χ2n) is 13.9. The van der Waals surface area contributed by atoms with E-state index in [0.29, 0.717) is 5.89 Å². The van der Waals surface area contributed by atoms with Crippen molar-refractivity contribution >= 4 is 71.6 Å². The van der Waals surface area contributed by atoms with Crippen molar-refractivity contribution in [1.29, 1.82) is 0 Å². The summed E-state index contributed by atoms with van der Waals surface area (Å²) < 4.78 is 12.6. The molecule has 0 fully saturated rings. The first-order valence-electron chi connectivity index (χ1n) is 18.5. The van der Waals surface area contributed by atoms with Gasteiger partial charge in [-0.1, -0.05) is 133 Å². The lowest BCUT2D eigenvalue weighted by Gasteiger charge is -2.26. The van der Waals surface area contributed by atoms with Gasteiger partial charge in [-0.05, 0) is 98.9 Å². The third kappa shape index (κ3) is 5.26. The highest BCUT2D eigenvalue weighted by atomic mass is 16.3. The fourth-order valence-electron chi connectivity index (χ4n) is 8.07. The second kappa shape index (κ2) is 12.6. The first-order chi connectivity index (χ1) is 27.2. The number of nitrogens with zero attached hydrogens (tertiary/aromatic N) is 2. The summed E-state index contributed by atoms with van der Waals surface area (Å²) in [4.78, 5) is 7.39. The number of rotatable bonds is 6. The Labute approximate surface area is 317 Å². The zero-order valence-electron chi connectivity index (χ0n) is 29.7. The maximum atomic E-state index is 6.40. The fourth-order valence-corrected chi connectivity index (χ4v) is 8.07. The number of furan rings is 1. The highest BCUT2D eigenvalue weighted by Crippen LogP contribution is 2.41. The third-order valence-corrected chi connectivity index (χ3v) is 10.7. The zero-order chi connectivity index (χ0) is 36.3. The Bertz CT molecular complexity index is 3200. The van der Waals surface area contributed by atoms with Crippen LogP contribution in [0.2, 0.25) is 0 Å². The number of hydrogen-bond donors (Lipinski definition) is 0. The number of anilines is 3. The van der Waals surface area contributed by atoms with Crippen LogP contribution in [0.4, 0.5) is 17.1 Å². The average molecular weight is 705 g/mol. The van der Waals surface area contributed by atoms with Crippen molar-refractivity contribution < 1.29 is 8.83 Å². The summed E-state index contributed by atoms with van der Waals surface area (Å²) in [5.74, 6) is 0.621. The zero-order valence-corrected chi connectivity index (χ0v) is 29.7. The molecule has 0 aliphatic rings. The summed E-state index contributed by atoms with van der Waals surface area (Å²) in [6.07, 6.45) is 0. The second-order valence-corrected chi connectivity index (χ2v) is 13.9. The minimum absolute atomic E-state index is 0.621. The van der Waals surface area contributed by atoms with E-state index in [2.05, 4.69) is 175 Å². The highest BCUT2D eigenvalue weighted by molar-refractivity contribution is 6.07. The molecule has 0 atom stereocenters. The van der Waals surface area contributed by atoms with Gasteiger partial charge in [-0.2, -0.15) is 0 Å². The van der Waals surface area contributed by atoms with E-state index in [1.807, 2.05) is 24.3 Å². The molecule has 0 saturated heterocycles. The van der Waals surface area contributed by atoms with Crippen LogP contribution in [0.25, 0.3) is 88.3 Å². The standard InChI is InChI=1S/C51H32N2O2/c1-3-14-40-33(10-1)12-7-17-41(40)35-22-26-37(27-23-35)53(39-30-31-48-46(32-39)44-16-5-6-20-47(44)54-48)38-28-24-36(25-29-38)43-18-9-21-49-50(43)52-51(55-49)45-19-8-13-34-11-2-4-15-42(34)45/h1-32H. The highest BCUT2D eigenvalue weighted by Gasteiger charge is 2.18. The summed E-state index contributed by atoms with van der Waals surface area (Å²) >= 11 is 0. The monoisotopic (exact) mass is 704 g/mol. The van der Waals surface area contributed by atoms with E-state index in [1.165, 1.54) is 21.9 Å². The van der Waals surface area contributed by atoms with Gasteiger partial charge in [0.2, 0.25) is 5.89 Å². The number of oxazole rings is 1. The molecule has 55 heavy (non-hydrogen) atoms. The smallest absolute Gasteiger partial charge is 0.227 e. The van der Waals surface area contributed by atoms with Crippen LogP contribution in [-0.4, -0.2) is 4.98 Å². The SMILES string of the molecule is c1ccc2c(-c3ccc(N(c4ccc(-c5cccc6oc(-c7cccc8ccccc78)nc56)cc4)c4ccc5oc6ccccc6c5c4)cc3)cccc2c1. The maximum Gasteiger partial charge on any atom is 0.227 e. The average Bonchev–Trinajstić information content (AvgIpc) is 3.86. The van der Waals surface area contributed by atoms with Gasteiger partial charge in [0, 0.05) is 39.0 Å². The maximum absolute atomic E-state index is 6.40. The van der Waals surface area contributed by atoms with Crippen LogP contribution in [-0.2, 0) is 0 Å². The quantitative estimate of drug-likeness (QED) is 0.173. The van der Waals surface area contributed by atoms with Crippen LogP contribution in [0.15, 0.2) is 203 Å². The van der Waals surface area contributed by atoms with E-state index in [0.717, 1.165) is 77.6 Å². The molecule has 0 aliphatic heterocycles. The van der Waals surface area contributed by atoms with Crippen molar-refractivity contribution in [2.75, 3.05) is 4.90 Å². The molecular formula is C51H32N2O2. The lowest BCUT2D eigenvalue weighted by atomic mass is 9.98. The minimum atomic E-state index is 0.621. The molecule has 0 spiro atoms. The van der Waals surface area contributed by atoms with Gasteiger partial charge in [-0.25, -0.2) is 4.98 Å². The number of para-hydroxylation sites is 2. The Hall–Kier alpha value is -7.43. The summed E-state index contributed by atoms with van der Waals surface area (Å²) in [5, 5.41) is 6.94. The molecule has 2 heterocycles. The molecule has 4 nitrogen and oxygen atoms in total. The van der Waals surface area contributed by atoms with Crippen molar-refractivity contribution in [3.63, 3.8) is 0 Å². The summed E-state index contributed by atoms with van der Waals surface area (Å²) in [6.45, 7) is 0. The lowest BCUT2D eigenvalue weighted by Crippen LogP contribution is -2.09. The molecule has 11 aromatic rings. The van der Waals surface area contributed by atoms with Crippen molar-refractivity contribution in [1.82, 2.24) is 4.98 Å². The van der Waals surface area contributed by atoms with Crippen molar-refractivity contribution in [2.24, 2.45) is 0 Å². The number of fused-ring (bicyclic) bond motifs is 6. The molecule has 2 aromatic heterocycles. The Morgan fingerprint density at radius 3 is 1.58 bits per heavy atom. The van der Waals surface area contributed by atoms with E-state index >= 15 is 0 Å². The first kappa shape index (κ1) is 31.1. The number of aromatic nitrogens is 1. The Morgan fingerprint density at radius 1 is 0.345 bits per heavy atom. The van der Waals surface area contributed by atoms with Gasteiger partial charge in [0.25, 0.3) is 0 Å². The number of benzene rings is 9. The Balaban J connectivity index is 1.01. The van der Waals surface area contributed by atoms with E-state index in [4.69, 9.17) is 13.8 Å². The molecule has 0 saturated carbocycles. The van der Waals surface area contributed by atoms with Gasteiger partial charge in [0.1, 0.15) is 16.7 Å². The molecule has 4 heteroatoms. The van der Waals surface area contributed by atoms with Crippen LogP contribution in [0.5, 0.6) is 0 Å². The van der Waals surface area contributed by atoms with Gasteiger partial charge in [0.15, 0.2) is 5.58 Å². The predicted molar refractivity (Wildman–Crippen MR) is 227 cm³/mol. The van der Waals surface area contributed by atoms with Gasteiger partial charge in [-0.3, -0.25) is 0 Å². The van der Waals surface area contributed by atoms with E-state index in [-0.39, 0.29) is 0 Å². The normalized spacial score (nSPS) is 11.6. The summed E-state index contributed by atoms with van der Waals surface area (Å²) in [6, 6.07) is 68.1. The van der Waals surface area contributed by atoms with Crippen molar-refractivity contribution in [3.05, 3.63) is 194 Å². The molecule has 9 aromatic carbocycles. The van der Waals surface area contributed by atoms with E-state index in [1.54, 1.807) is 0 Å². The molecule has 0 radical (unpaired) electrons. The van der Waals surface area contributed by atoms with Crippen LogP contribution >= 0.6 is 0 Å². The van der Waals surface area contributed by atoms with Gasteiger partial charge in [0.05, 0.1) is 0 Å². The molecule has 0 bridgehead atoms. The Kier molecular flexibility index (Phi) is 7.14. The van der Waals surface area contributed by atoms with Gasteiger partial charge >= 0.3 is 0 Å². The predicted octanol–water partition coefficient (Wildman–Crippen LogP) is 14.5. The minimum Gasteiger partial charge on any atom is -0.456 e. The molecule has 258 valence electrons. The molecule has 0 aliphatic carbocycles.